The lowest BCUT2D eigenvalue weighted by atomic mass is 10.0. The minimum Gasteiger partial charge on any atom is -0.493 e. The Labute approximate surface area is 215 Å². The molecule has 2 aromatic heterocycles. The molecule has 196 valence electrons. The van der Waals surface area contributed by atoms with Gasteiger partial charge in [0, 0.05) is 38.0 Å². The number of carbonyl (C=O) groups is 2. The highest BCUT2D eigenvalue weighted by molar-refractivity contribution is 5.87. The number of hydrogen-bond donors (Lipinski definition) is 2. The maximum atomic E-state index is 13.2. The number of anilines is 1. The highest BCUT2D eigenvalue weighted by Crippen LogP contribution is 2.32. The Balaban J connectivity index is 1.25. The number of methoxy groups -OCH3 is 2. The van der Waals surface area contributed by atoms with Crippen LogP contribution in [0.2, 0.25) is 0 Å². The van der Waals surface area contributed by atoms with E-state index in [1.165, 1.54) is 12.5 Å². The van der Waals surface area contributed by atoms with Crippen LogP contribution in [-0.4, -0.2) is 70.8 Å². The number of aromatic nitrogens is 4. The number of aryl methyl sites for hydroxylation is 1. The second-order valence-corrected chi connectivity index (χ2v) is 9.60. The minimum absolute atomic E-state index is 0.0199. The number of amides is 2. The highest BCUT2D eigenvalue weighted by Gasteiger charge is 2.30. The van der Waals surface area contributed by atoms with Gasteiger partial charge >= 0.3 is 0 Å². The number of rotatable bonds is 8. The van der Waals surface area contributed by atoms with Crippen LogP contribution in [0.25, 0.3) is 5.78 Å². The minimum atomic E-state index is -0.688. The molecule has 37 heavy (non-hydrogen) atoms. The van der Waals surface area contributed by atoms with E-state index in [1.54, 1.807) is 26.6 Å². The number of piperidine rings is 1. The van der Waals surface area contributed by atoms with Gasteiger partial charge < -0.3 is 25.0 Å². The third-order valence-corrected chi connectivity index (χ3v) is 7.15. The molecule has 2 amide bonds. The van der Waals surface area contributed by atoms with Crippen LogP contribution in [0, 0.1) is 0 Å². The van der Waals surface area contributed by atoms with Crippen LogP contribution in [-0.2, 0) is 28.9 Å². The molecule has 11 heteroatoms. The van der Waals surface area contributed by atoms with Gasteiger partial charge in [-0.25, -0.2) is 4.98 Å². The van der Waals surface area contributed by atoms with Crippen molar-refractivity contribution in [2.75, 3.05) is 32.2 Å². The lowest BCUT2D eigenvalue weighted by Crippen LogP contribution is -2.52. The van der Waals surface area contributed by atoms with Crippen molar-refractivity contribution in [1.82, 2.24) is 30.2 Å². The number of nitrogens with one attached hydrogen (secondary N) is 2. The topological polar surface area (TPSA) is 123 Å². The van der Waals surface area contributed by atoms with E-state index in [1.807, 2.05) is 16.6 Å². The molecule has 0 saturated carbocycles. The van der Waals surface area contributed by atoms with Crippen molar-refractivity contribution in [2.24, 2.45) is 0 Å². The van der Waals surface area contributed by atoms with Gasteiger partial charge in [0.15, 0.2) is 11.5 Å². The van der Waals surface area contributed by atoms with Crippen molar-refractivity contribution in [3.63, 3.8) is 0 Å². The average molecular weight is 508 g/mol. The van der Waals surface area contributed by atoms with Crippen LogP contribution in [0.1, 0.15) is 43.0 Å². The summed E-state index contributed by atoms with van der Waals surface area (Å²) in [5.74, 6) is 2.48. The van der Waals surface area contributed by atoms with Crippen molar-refractivity contribution in [3.05, 3.63) is 41.3 Å². The maximum absolute atomic E-state index is 13.2. The van der Waals surface area contributed by atoms with Crippen LogP contribution >= 0.6 is 0 Å². The zero-order valence-electron chi connectivity index (χ0n) is 21.5. The molecule has 1 fully saturated rings. The van der Waals surface area contributed by atoms with Gasteiger partial charge in [-0.05, 0) is 49.8 Å². The zero-order valence-corrected chi connectivity index (χ0v) is 21.5. The van der Waals surface area contributed by atoms with Crippen LogP contribution < -0.4 is 25.0 Å². The molecule has 2 aliphatic rings. The van der Waals surface area contributed by atoms with Gasteiger partial charge in [0.2, 0.25) is 11.8 Å². The summed E-state index contributed by atoms with van der Waals surface area (Å²) in [5, 5.41) is 10.4. The molecule has 0 unspecified atom stereocenters. The lowest BCUT2D eigenvalue weighted by Gasteiger charge is -2.35. The first-order valence-corrected chi connectivity index (χ1v) is 12.7. The van der Waals surface area contributed by atoms with Crippen LogP contribution in [0.4, 0.5) is 5.82 Å². The predicted molar refractivity (Wildman–Crippen MR) is 137 cm³/mol. The second kappa shape index (κ2) is 10.6. The molecule has 1 aromatic carbocycles. The standard InChI is InChI=1S/C26H33N7O4/c1-16(34)29-21(13-17-7-8-22(36-2)23(14-17)37-3)24(35)30-18-9-11-32(12-10-18)25-19-5-4-6-20(19)31-26-27-15-28-33(25)26/h7-8,14-15,18,21H,4-6,9-13H2,1-3H3,(H,29,34)(H,30,35)/t21-/m1/s1. The Morgan fingerprint density at radius 3 is 2.65 bits per heavy atom. The molecule has 5 rings (SSSR count). The number of nitrogens with zero attached hydrogens (tertiary/aromatic N) is 5. The maximum Gasteiger partial charge on any atom is 0.254 e. The number of ether oxygens (including phenoxy) is 2. The van der Waals surface area contributed by atoms with Crippen LogP contribution in [0.15, 0.2) is 24.5 Å². The van der Waals surface area contributed by atoms with E-state index < -0.39 is 6.04 Å². The summed E-state index contributed by atoms with van der Waals surface area (Å²) >= 11 is 0. The first kappa shape index (κ1) is 24.8. The molecule has 2 N–H and O–H groups in total. The second-order valence-electron chi connectivity index (χ2n) is 9.60. The van der Waals surface area contributed by atoms with Crippen LogP contribution in [0.5, 0.6) is 11.5 Å². The summed E-state index contributed by atoms with van der Waals surface area (Å²) in [6, 6.07) is 4.84. The van der Waals surface area contributed by atoms with Crippen molar-refractivity contribution in [3.8, 4) is 11.5 Å². The molecular weight excluding hydrogens is 474 g/mol. The largest absolute Gasteiger partial charge is 0.493 e. The van der Waals surface area contributed by atoms with Gasteiger partial charge in [0.25, 0.3) is 5.78 Å². The summed E-state index contributed by atoms with van der Waals surface area (Å²) in [5.41, 5.74) is 3.25. The molecule has 1 atom stereocenters. The Hall–Kier alpha value is -3.89. The van der Waals surface area contributed by atoms with Gasteiger partial charge in [-0.3, -0.25) is 9.59 Å². The van der Waals surface area contributed by atoms with Crippen molar-refractivity contribution in [1.29, 1.82) is 0 Å². The SMILES string of the molecule is COc1ccc(C[C@@H](NC(C)=O)C(=O)NC2CCN(c3c4c(nc5ncnn35)CCC4)CC2)cc1OC. The normalized spacial score (nSPS) is 16.4. The van der Waals surface area contributed by atoms with Gasteiger partial charge in [-0.2, -0.15) is 14.6 Å². The monoisotopic (exact) mass is 507 g/mol. The summed E-state index contributed by atoms with van der Waals surface area (Å²) in [7, 11) is 3.15. The van der Waals surface area contributed by atoms with Gasteiger partial charge in [0.1, 0.15) is 18.2 Å². The van der Waals surface area contributed by atoms with Gasteiger partial charge in [0.05, 0.1) is 19.9 Å². The average Bonchev–Trinajstić information content (AvgIpc) is 3.56. The van der Waals surface area contributed by atoms with E-state index in [0.717, 1.165) is 62.3 Å². The van der Waals surface area contributed by atoms with E-state index in [4.69, 9.17) is 9.47 Å². The number of hydrogen-bond acceptors (Lipinski definition) is 8. The molecule has 3 aromatic rings. The van der Waals surface area contributed by atoms with E-state index >= 15 is 0 Å². The molecule has 0 bridgehead atoms. The van der Waals surface area contributed by atoms with Crippen molar-refractivity contribution < 1.29 is 19.1 Å². The lowest BCUT2D eigenvalue weighted by molar-refractivity contribution is -0.128. The molecule has 0 spiro atoms. The van der Waals surface area contributed by atoms with E-state index in [0.29, 0.717) is 23.7 Å². The van der Waals surface area contributed by atoms with Crippen molar-refractivity contribution in [2.45, 2.75) is 57.5 Å². The first-order valence-electron chi connectivity index (χ1n) is 12.7. The summed E-state index contributed by atoms with van der Waals surface area (Å²) < 4.78 is 12.5. The third-order valence-electron chi connectivity index (χ3n) is 7.15. The summed E-state index contributed by atoms with van der Waals surface area (Å²) in [6.45, 7) is 3.00. The summed E-state index contributed by atoms with van der Waals surface area (Å²) in [4.78, 5) is 36.5. The van der Waals surface area contributed by atoms with E-state index in [2.05, 4.69) is 30.6 Å². The molecule has 1 aliphatic carbocycles. The predicted octanol–water partition coefficient (Wildman–Crippen LogP) is 1.46. The molecule has 1 aliphatic heterocycles. The third kappa shape index (κ3) is 5.16. The molecule has 1 saturated heterocycles. The fourth-order valence-corrected chi connectivity index (χ4v) is 5.36. The molecule has 3 heterocycles. The number of carbonyl (C=O) groups excluding carboxylic acids is 2. The molecule has 0 radical (unpaired) electrons. The Kier molecular flexibility index (Phi) is 7.11. The Morgan fingerprint density at radius 2 is 1.92 bits per heavy atom. The molecular formula is C26H33N7O4. The fourth-order valence-electron chi connectivity index (χ4n) is 5.36. The van der Waals surface area contributed by atoms with Gasteiger partial charge in [-0.15, -0.1) is 0 Å². The molecule has 11 nitrogen and oxygen atoms in total. The highest BCUT2D eigenvalue weighted by atomic mass is 16.5. The summed E-state index contributed by atoms with van der Waals surface area (Å²) in [6.07, 6.45) is 6.55. The van der Waals surface area contributed by atoms with Crippen molar-refractivity contribution >= 4 is 23.4 Å². The quantitative estimate of drug-likeness (QED) is 0.470. The number of benzene rings is 1. The fraction of sp³-hybridized carbons (Fsp3) is 0.500. The Morgan fingerprint density at radius 1 is 1.14 bits per heavy atom. The number of fused-ring (bicyclic) bond motifs is 2. The van der Waals surface area contributed by atoms with E-state index in [9.17, 15) is 9.59 Å². The first-order chi connectivity index (χ1) is 18.0. The van der Waals surface area contributed by atoms with Gasteiger partial charge in [-0.1, -0.05) is 6.07 Å². The Bertz CT molecular complexity index is 1300. The smallest absolute Gasteiger partial charge is 0.254 e. The van der Waals surface area contributed by atoms with E-state index in [-0.39, 0.29) is 17.9 Å². The zero-order chi connectivity index (χ0) is 25.9. The van der Waals surface area contributed by atoms with Crippen LogP contribution in [0.3, 0.4) is 0 Å².